The predicted molar refractivity (Wildman–Crippen MR) is 83.6 cm³/mol. The molecule has 0 spiro atoms. The second kappa shape index (κ2) is 6.17. The summed E-state index contributed by atoms with van der Waals surface area (Å²) in [4.78, 5) is 26.4. The summed E-state index contributed by atoms with van der Waals surface area (Å²) in [5.74, 6) is -0.688. The minimum atomic E-state index is -0.640. The van der Waals surface area contributed by atoms with Gasteiger partial charge in [0.2, 0.25) is 5.82 Å². The molecule has 0 aliphatic rings. The molecule has 0 aromatic carbocycles. The summed E-state index contributed by atoms with van der Waals surface area (Å²) >= 11 is 13.4. The number of rotatable bonds is 3. The van der Waals surface area contributed by atoms with Crippen LogP contribution in [0.15, 0.2) is 26.5 Å². The SMILES string of the molecule is O=C(Nc1nc(Cl)ccc1[N+](=O)[O-])c1cc(Br)c(Br)s1. The smallest absolute Gasteiger partial charge is 0.300 e. The highest BCUT2D eigenvalue weighted by Gasteiger charge is 2.20. The molecule has 1 amide bonds. The minimum Gasteiger partial charge on any atom is -0.300 e. The van der Waals surface area contributed by atoms with Crippen molar-refractivity contribution in [2.75, 3.05) is 5.32 Å². The zero-order valence-corrected chi connectivity index (χ0v) is 14.1. The number of hydrogen-bond donors (Lipinski definition) is 1. The maximum absolute atomic E-state index is 12.0. The number of nitrogens with zero attached hydrogens (tertiary/aromatic N) is 2. The van der Waals surface area contributed by atoms with Crippen LogP contribution in [0.5, 0.6) is 0 Å². The first-order valence-corrected chi connectivity index (χ1v) is 7.73. The molecule has 2 rings (SSSR count). The molecule has 2 aromatic heterocycles. The third kappa shape index (κ3) is 3.35. The van der Waals surface area contributed by atoms with Gasteiger partial charge >= 0.3 is 5.69 Å². The van der Waals surface area contributed by atoms with Gasteiger partial charge in [0.25, 0.3) is 5.91 Å². The number of nitro groups is 1. The summed E-state index contributed by atoms with van der Waals surface area (Å²) in [5, 5.41) is 13.3. The lowest BCUT2D eigenvalue weighted by Crippen LogP contribution is -2.13. The number of nitrogens with one attached hydrogen (secondary N) is 1. The van der Waals surface area contributed by atoms with E-state index in [0.717, 1.165) is 8.26 Å². The molecule has 0 aliphatic carbocycles. The van der Waals surface area contributed by atoms with Crippen LogP contribution in [0.1, 0.15) is 9.67 Å². The Balaban J connectivity index is 2.32. The van der Waals surface area contributed by atoms with E-state index in [4.69, 9.17) is 11.6 Å². The predicted octanol–water partition coefficient (Wildman–Crippen LogP) is 4.48. The summed E-state index contributed by atoms with van der Waals surface area (Å²) in [6, 6.07) is 4.07. The van der Waals surface area contributed by atoms with Crippen LogP contribution in [-0.4, -0.2) is 15.8 Å². The van der Waals surface area contributed by atoms with Crippen LogP contribution in [0.25, 0.3) is 0 Å². The standard InChI is InChI=1S/C10H4Br2ClN3O3S/c11-4-3-6(20-8(4)12)10(17)15-9-5(16(18)19)1-2-7(13)14-9/h1-3H,(H,14,15,17). The van der Waals surface area contributed by atoms with Gasteiger partial charge in [0.15, 0.2) is 0 Å². The molecule has 0 unspecified atom stereocenters. The van der Waals surface area contributed by atoms with Crippen LogP contribution >= 0.6 is 54.8 Å². The van der Waals surface area contributed by atoms with Crippen molar-refractivity contribution in [3.05, 3.63) is 46.6 Å². The Hall–Kier alpha value is -1.03. The molecule has 0 saturated carbocycles. The van der Waals surface area contributed by atoms with Crippen LogP contribution < -0.4 is 5.32 Å². The fourth-order valence-corrected chi connectivity index (χ4v) is 3.37. The van der Waals surface area contributed by atoms with E-state index in [0.29, 0.717) is 4.88 Å². The number of hydrogen-bond acceptors (Lipinski definition) is 5. The Morgan fingerprint density at radius 2 is 2.15 bits per heavy atom. The van der Waals surface area contributed by atoms with Crippen molar-refractivity contribution < 1.29 is 9.72 Å². The van der Waals surface area contributed by atoms with Crippen molar-refractivity contribution in [1.82, 2.24) is 4.98 Å². The summed E-state index contributed by atoms with van der Waals surface area (Å²) in [6.45, 7) is 0. The third-order valence-corrected chi connectivity index (χ3v) is 5.60. The Bertz CT molecular complexity index is 688. The fraction of sp³-hybridized carbons (Fsp3) is 0. The van der Waals surface area contributed by atoms with Crippen molar-refractivity contribution in [3.63, 3.8) is 0 Å². The molecular weight excluding hydrogens is 437 g/mol. The summed E-state index contributed by atoms with van der Waals surface area (Å²) in [5.41, 5.74) is -0.322. The van der Waals surface area contributed by atoms with Gasteiger partial charge in [0, 0.05) is 10.5 Å². The van der Waals surface area contributed by atoms with Crippen LogP contribution in [0.3, 0.4) is 0 Å². The molecule has 20 heavy (non-hydrogen) atoms. The molecule has 0 atom stereocenters. The van der Waals surface area contributed by atoms with Gasteiger partial charge in [-0.2, -0.15) is 0 Å². The highest BCUT2D eigenvalue weighted by molar-refractivity contribution is 9.13. The molecular formula is C10H4Br2ClN3O3S. The molecule has 2 aromatic rings. The van der Waals surface area contributed by atoms with Crippen LogP contribution in [0.4, 0.5) is 11.5 Å². The number of carbonyl (C=O) groups is 1. The van der Waals surface area contributed by atoms with E-state index in [1.165, 1.54) is 23.5 Å². The molecule has 0 saturated heterocycles. The first kappa shape index (κ1) is 15.4. The van der Waals surface area contributed by atoms with Crippen LogP contribution in [0.2, 0.25) is 5.15 Å². The molecule has 104 valence electrons. The summed E-state index contributed by atoms with van der Waals surface area (Å²) in [7, 11) is 0. The van der Waals surface area contributed by atoms with Crippen molar-refractivity contribution >= 4 is 72.2 Å². The first-order valence-electron chi connectivity index (χ1n) is 4.95. The number of pyridine rings is 1. The Morgan fingerprint density at radius 1 is 1.45 bits per heavy atom. The van der Waals surface area contributed by atoms with Gasteiger partial charge in [-0.05, 0) is 44.0 Å². The number of halogens is 3. The topological polar surface area (TPSA) is 85.1 Å². The molecule has 6 nitrogen and oxygen atoms in total. The van der Waals surface area contributed by atoms with Gasteiger partial charge in [0.05, 0.1) is 13.6 Å². The van der Waals surface area contributed by atoms with Gasteiger partial charge in [-0.1, -0.05) is 11.6 Å². The lowest BCUT2D eigenvalue weighted by molar-refractivity contribution is -0.384. The second-order valence-electron chi connectivity index (χ2n) is 3.45. The molecule has 0 bridgehead atoms. The normalized spacial score (nSPS) is 10.3. The van der Waals surface area contributed by atoms with Crippen molar-refractivity contribution in [2.24, 2.45) is 0 Å². The van der Waals surface area contributed by atoms with Gasteiger partial charge in [-0.15, -0.1) is 11.3 Å². The Labute approximate surface area is 138 Å². The molecule has 0 fully saturated rings. The van der Waals surface area contributed by atoms with E-state index in [1.807, 2.05) is 0 Å². The van der Waals surface area contributed by atoms with E-state index < -0.39 is 10.8 Å². The average molecular weight is 441 g/mol. The fourth-order valence-electron chi connectivity index (χ4n) is 1.29. The molecule has 0 aliphatic heterocycles. The van der Waals surface area contributed by atoms with Crippen LogP contribution in [-0.2, 0) is 0 Å². The highest BCUT2D eigenvalue weighted by Crippen LogP contribution is 2.33. The van der Waals surface area contributed by atoms with E-state index in [1.54, 1.807) is 6.07 Å². The van der Waals surface area contributed by atoms with E-state index >= 15 is 0 Å². The maximum Gasteiger partial charge on any atom is 0.311 e. The van der Waals surface area contributed by atoms with Gasteiger partial charge in [-0.25, -0.2) is 4.98 Å². The van der Waals surface area contributed by atoms with Crippen LogP contribution in [0, 0.1) is 10.1 Å². The van der Waals surface area contributed by atoms with E-state index in [9.17, 15) is 14.9 Å². The maximum atomic E-state index is 12.0. The highest BCUT2D eigenvalue weighted by atomic mass is 79.9. The van der Waals surface area contributed by atoms with Gasteiger partial charge in [-0.3, -0.25) is 14.9 Å². The van der Waals surface area contributed by atoms with Crippen molar-refractivity contribution in [2.45, 2.75) is 0 Å². The quantitative estimate of drug-likeness (QED) is 0.432. The summed E-state index contributed by atoms with van der Waals surface area (Å²) in [6.07, 6.45) is 0. The van der Waals surface area contributed by atoms with Crippen molar-refractivity contribution in [1.29, 1.82) is 0 Å². The zero-order valence-electron chi connectivity index (χ0n) is 9.39. The largest absolute Gasteiger partial charge is 0.311 e. The van der Waals surface area contributed by atoms with E-state index in [2.05, 4.69) is 42.2 Å². The number of amides is 1. The third-order valence-electron chi connectivity index (χ3n) is 2.14. The first-order chi connectivity index (χ1) is 9.38. The average Bonchev–Trinajstić information content (AvgIpc) is 2.69. The molecule has 2 heterocycles. The molecule has 1 N–H and O–H groups in total. The zero-order chi connectivity index (χ0) is 14.9. The Morgan fingerprint density at radius 3 is 2.70 bits per heavy atom. The number of aromatic nitrogens is 1. The van der Waals surface area contributed by atoms with Gasteiger partial charge in [0.1, 0.15) is 5.15 Å². The minimum absolute atomic E-state index is 0.0550. The Kier molecular flexibility index (Phi) is 4.74. The lowest BCUT2D eigenvalue weighted by atomic mass is 10.3. The lowest BCUT2D eigenvalue weighted by Gasteiger charge is -2.03. The number of carbonyl (C=O) groups excluding carboxylic acids is 1. The monoisotopic (exact) mass is 439 g/mol. The summed E-state index contributed by atoms with van der Waals surface area (Å²) < 4.78 is 1.47. The number of anilines is 1. The van der Waals surface area contributed by atoms with Gasteiger partial charge < -0.3 is 5.32 Å². The molecule has 0 radical (unpaired) electrons. The molecule has 10 heteroatoms. The van der Waals surface area contributed by atoms with E-state index in [-0.39, 0.29) is 16.7 Å². The number of thiophene rings is 1. The second-order valence-corrected chi connectivity index (χ2v) is 7.06. The van der Waals surface area contributed by atoms with Crippen molar-refractivity contribution in [3.8, 4) is 0 Å².